The van der Waals surface area contributed by atoms with Crippen LogP contribution in [0.4, 0.5) is 0 Å². The maximum Gasteiger partial charge on any atom is 0.0626 e. The molecule has 0 fully saturated rings. The minimum atomic E-state index is 0.108. The van der Waals surface area contributed by atoms with Gasteiger partial charge in [0.15, 0.2) is 0 Å². The number of hydrogen-bond donors (Lipinski definition) is 0. The molecule has 0 atom stereocenters. The van der Waals surface area contributed by atoms with Crippen LogP contribution in [0, 0.1) is 0 Å². The van der Waals surface area contributed by atoms with Crippen LogP contribution in [-0.4, -0.2) is 4.57 Å². The Kier molecular flexibility index (Phi) is 7.64. The molecule has 0 aliphatic carbocycles. The molecule has 258 valence electrons. The number of rotatable bonds is 5. The average molecular weight is 710 g/mol. The first kappa shape index (κ1) is 32.4. The Morgan fingerprint density at radius 3 is 1.65 bits per heavy atom. The van der Waals surface area contributed by atoms with Crippen LogP contribution in [0.3, 0.4) is 0 Å². The second-order valence-corrected chi connectivity index (χ2v) is 16.4. The Morgan fingerprint density at radius 2 is 0.981 bits per heavy atom. The van der Waals surface area contributed by atoms with Gasteiger partial charge in [-0.25, -0.2) is 0 Å². The van der Waals surface area contributed by atoms with Crippen molar-refractivity contribution in [3.8, 4) is 50.2 Å². The number of fused-ring (bicyclic) bond motifs is 7. The number of aromatic nitrogens is 1. The highest BCUT2D eigenvalue weighted by Gasteiger charge is 2.24. The van der Waals surface area contributed by atoms with Crippen LogP contribution in [-0.2, 0) is 5.41 Å². The summed E-state index contributed by atoms with van der Waals surface area (Å²) < 4.78 is 5.14. The predicted octanol–water partition coefficient (Wildman–Crippen LogP) is 15.1. The van der Waals surface area contributed by atoms with Crippen molar-refractivity contribution in [1.29, 1.82) is 0 Å². The van der Waals surface area contributed by atoms with Crippen molar-refractivity contribution >= 4 is 53.3 Å². The average Bonchev–Trinajstić information content (AvgIpc) is 3.77. The minimum Gasteiger partial charge on any atom is -0.309 e. The Bertz CT molecular complexity index is 2960. The Hall–Kier alpha value is -6.22. The summed E-state index contributed by atoms with van der Waals surface area (Å²) in [7, 11) is 0. The maximum absolute atomic E-state index is 2.51. The lowest BCUT2D eigenvalue weighted by Crippen LogP contribution is -2.10. The van der Waals surface area contributed by atoms with Crippen LogP contribution in [0.25, 0.3) is 92.2 Å². The topological polar surface area (TPSA) is 4.93 Å². The summed E-state index contributed by atoms with van der Waals surface area (Å²) in [4.78, 5) is 0. The number of thiophene rings is 1. The SMILES string of the molecule is CC(C)(C)c1ccc(-c2cccc3c2sc2cc(-c4ccc(-c5ccccc5)cc4)c4c(c5ccc(-c6ccccc6)cc5n4-c4ccccc4)c23)cc1. The van der Waals surface area contributed by atoms with Crippen LogP contribution >= 0.6 is 11.3 Å². The maximum atomic E-state index is 2.51. The van der Waals surface area contributed by atoms with E-state index in [2.05, 4.69) is 207 Å². The zero-order chi connectivity index (χ0) is 36.4. The summed E-state index contributed by atoms with van der Waals surface area (Å²) in [5, 5.41) is 5.21. The highest BCUT2D eigenvalue weighted by molar-refractivity contribution is 7.26. The summed E-state index contributed by atoms with van der Waals surface area (Å²) >= 11 is 1.92. The third-order valence-corrected chi connectivity index (χ3v) is 12.2. The molecule has 54 heavy (non-hydrogen) atoms. The van der Waals surface area contributed by atoms with Gasteiger partial charge in [-0.05, 0) is 74.2 Å². The van der Waals surface area contributed by atoms with E-state index in [4.69, 9.17) is 0 Å². The lowest BCUT2D eigenvalue weighted by molar-refractivity contribution is 0.590. The first-order valence-electron chi connectivity index (χ1n) is 18.8. The fourth-order valence-electron chi connectivity index (χ4n) is 8.22. The largest absolute Gasteiger partial charge is 0.309 e. The molecule has 0 spiro atoms. The lowest BCUT2D eigenvalue weighted by Gasteiger charge is -2.19. The first-order chi connectivity index (χ1) is 26.4. The molecular formula is C52H39NS. The van der Waals surface area contributed by atoms with E-state index in [0.717, 1.165) is 5.69 Å². The van der Waals surface area contributed by atoms with Crippen molar-refractivity contribution in [2.24, 2.45) is 0 Å². The van der Waals surface area contributed by atoms with Gasteiger partial charge in [-0.1, -0.05) is 178 Å². The van der Waals surface area contributed by atoms with Gasteiger partial charge in [0.1, 0.15) is 0 Å². The van der Waals surface area contributed by atoms with Gasteiger partial charge in [0.05, 0.1) is 11.0 Å². The highest BCUT2D eigenvalue weighted by Crippen LogP contribution is 2.49. The zero-order valence-electron chi connectivity index (χ0n) is 30.7. The van der Waals surface area contributed by atoms with Crippen LogP contribution in [0.2, 0.25) is 0 Å². The van der Waals surface area contributed by atoms with E-state index in [-0.39, 0.29) is 5.41 Å². The molecule has 10 rings (SSSR count). The summed E-state index contributed by atoms with van der Waals surface area (Å²) in [6.45, 7) is 6.84. The van der Waals surface area contributed by atoms with Crippen molar-refractivity contribution in [3.05, 3.63) is 188 Å². The third kappa shape index (κ3) is 5.37. The summed E-state index contributed by atoms with van der Waals surface area (Å²) in [6.07, 6.45) is 0. The van der Waals surface area contributed by atoms with Gasteiger partial charge in [-0.3, -0.25) is 0 Å². The predicted molar refractivity (Wildman–Crippen MR) is 234 cm³/mol. The van der Waals surface area contributed by atoms with E-state index in [1.165, 1.54) is 92.0 Å². The summed E-state index contributed by atoms with van der Waals surface area (Å²) in [5.41, 5.74) is 14.9. The molecular weight excluding hydrogens is 671 g/mol. The van der Waals surface area contributed by atoms with Crippen molar-refractivity contribution < 1.29 is 0 Å². The molecule has 0 radical (unpaired) electrons. The van der Waals surface area contributed by atoms with E-state index < -0.39 is 0 Å². The summed E-state index contributed by atoms with van der Waals surface area (Å²) in [6, 6.07) is 67.1. The van der Waals surface area contributed by atoms with Crippen molar-refractivity contribution in [2.75, 3.05) is 0 Å². The highest BCUT2D eigenvalue weighted by atomic mass is 32.1. The van der Waals surface area contributed by atoms with Crippen molar-refractivity contribution in [1.82, 2.24) is 4.57 Å². The molecule has 2 aromatic heterocycles. The second-order valence-electron chi connectivity index (χ2n) is 15.3. The Morgan fingerprint density at radius 1 is 0.426 bits per heavy atom. The molecule has 0 N–H and O–H groups in total. The lowest BCUT2D eigenvalue weighted by atomic mass is 9.86. The molecule has 0 saturated carbocycles. The van der Waals surface area contributed by atoms with E-state index >= 15 is 0 Å². The number of para-hydroxylation sites is 1. The molecule has 8 aromatic carbocycles. The quantitative estimate of drug-likeness (QED) is 0.168. The molecule has 0 amide bonds. The van der Waals surface area contributed by atoms with Gasteiger partial charge < -0.3 is 4.57 Å². The smallest absolute Gasteiger partial charge is 0.0626 e. The van der Waals surface area contributed by atoms with Crippen LogP contribution in [0.15, 0.2) is 182 Å². The van der Waals surface area contributed by atoms with Gasteiger partial charge in [-0.2, -0.15) is 0 Å². The summed E-state index contributed by atoms with van der Waals surface area (Å²) in [5.74, 6) is 0. The normalized spacial score (nSPS) is 12.0. The molecule has 0 saturated heterocycles. The van der Waals surface area contributed by atoms with Crippen molar-refractivity contribution in [2.45, 2.75) is 26.2 Å². The molecule has 1 nitrogen and oxygen atoms in total. The Labute approximate surface area is 320 Å². The van der Waals surface area contributed by atoms with Crippen molar-refractivity contribution in [3.63, 3.8) is 0 Å². The minimum absolute atomic E-state index is 0.108. The molecule has 0 aliphatic rings. The van der Waals surface area contributed by atoms with Gasteiger partial charge in [-0.15, -0.1) is 11.3 Å². The van der Waals surface area contributed by atoms with Gasteiger partial charge in [0.2, 0.25) is 0 Å². The number of benzene rings is 8. The number of hydrogen-bond acceptors (Lipinski definition) is 1. The fourth-order valence-corrected chi connectivity index (χ4v) is 9.50. The standard InChI is InChI=1S/C52H39NS/c1-52(2,3)40-29-26-37(27-30-40)42-20-13-21-44-48-47(54-51(42)44)33-45(38-24-22-36(23-25-38)34-14-7-4-8-15-34)50-49(48)43-31-28-39(35-16-9-5-10-17-35)32-46(43)53(50)41-18-11-6-12-19-41/h4-33H,1-3H3. The third-order valence-electron chi connectivity index (χ3n) is 11.0. The Balaban J connectivity index is 1.31. The van der Waals surface area contributed by atoms with Crippen LogP contribution in [0.5, 0.6) is 0 Å². The molecule has 0 aliphatic heterocycles. The monoisotopic (exact) mass is 709 g/mol. The van der Waals surface area contributed by atoms with Crippen LogP contribution < -0.4 is 0 Å². The van der Waals surface area contributed by atoms with E-state index in [9.17, 15) is 0 Å². The van der Waals surface area contributed by atoms with Gasteiger partial charge in [0.25, 0.3) is 0 Å². The molecule has 2 heterocycles. The fraction of sp³-hybridized carbons (Fsp3) is 0.0769. The van der Waals surface area contributed by atoms with E-state index in [1.54, 1.807) is 0 Å². The molecule has 0 bridgehead atoms. The zero-order valence-corrected chi connectivity index (χ0v) is 31.5. The molecule has 10 aromatic rings. The van der Waals surface area contributed by atoms with Gasteiger partial charge >= 0.3 is 0 Å². The second kappa shape index (κ2) is 12.7. The molecule has 2 heteroatoms. The molecule has 0 unspecified atom stereocenters. The van der Waals surface area contributed by atoms with E-state index in [0.29, 0.717) is 0 Å². The number of nitrogens with zero attached hydrogens (tertiary/aromatic N) is 1. The van der Waals surface area contributed by atoms with Gasteiger partial charge in [0, 0.05) is 42.2 Å². The van der Waals surface area contributed by atoms with Crippen LogP contribution in [0.1, 0.15) is 26.3 Å². The first-order valence-corrected chi connectivity index (χ1v) is 19.6. The van der Waals surface area contributed by atoms with E-state index in [1.807, 2.05) is 11.3 Å².